The van der Waals surface area contributed by atoms with E-state index in [-0.39, 0.29) is 89.0 Å². The monoisotopic (exact) mass is 1780 g/mol. The molecule has 0 radical (unpaired) electrons. The number of carboxylic acids is 3. The number of likely N-dealkylation sites (tertiary alicyclic amines) is 1. The number of primary amides is 1. The Kier molecular flexibility index (Phi) is 49.0. The van der Waals surface area contributed by atoms with Gasteiger partial charge < -0.3 is 143 Å². The molecule has 18 atom stereocenters. The summed E-state index contributed by atoms with van der Waals surface area (Å²) in [5.41, 5.74) is 22.9. The van der Waals surface area contributed by atoms with Crippen molar-refractivity contribution < 1.29 is 132 Å². The minimum atomic E-state index is -2.05. The number of rotatable bonds is 59. The van der Waals surface area contributed by atoms with Gasteiger partial charge in [-0.15, -0.1) is 0 Å². The van der Waals surface area contributed by atoms with Crippen LogP contribution < -0.4 is 97.4 Å². The molecule has 1 fully saturated rings. The first kappa shape index (κ1) is 110. The molecule has 46 heteroatoms. The zero-order valence-electron chi connectivity index (χ0n) is 72.3. The number of nitrogens with one attached hydrogen (secondary N) is 14. The molecule has 1 saturated heterocycles. The lowest BCUT2D eigenvalue weighted by Gasteiger charge is -2.31. The van der Waals surface area contributed by atoms with Gasteiger partial charge in [0, 0.05) is 19.4 Å². The molecule has 0 unspecified atom stereocenters. The normalized spacial score (nSPS) is 16.6. The molecule has 2 rings (SSSR count). The Morgan fingerprint density at radius 1 is 0.432 bits per heavy atom. The van der Waals surface area contributed by atoms with Gasteiger partial charge in [-0.05, 0) is 139 Å². The van der Waals surface area contributed by atoms with E-state index in [4.69, 9.17) is 22.9 Å². The molecule has 16 amide bonds. The maximum Gasteiger partial charge on any atom is 0.326 e. The van der Waals surface area contributed by atoms with Crippen molar-refractivity contribution in [2.45, 2.75) is 281 Å². The van der Waals surface area contributed by atoms with E-state index in [0.29, 0.717) is 24.9 Å². The predicted molar refractivity (Wildman–Crippen MR) is 444 cm³/mol. The van der Waals surface area contributed by atoms with E-state index in [1.54, 1.807) is 48.5 Å². The summed E-state index contributed by atoms with van der Waals surface area (Å²) >= 11 is 0. The lowest BCUT2D eigenvalue weighted by Crippen LogP contribution is -2.63. The number of phenols is 1. The first-order valence-electron chi connectivity index (χ1n) is 41.6. The molecule has 125 heavy (non-hydrogen) atoms. The maximum atomic E-state index is 14.7. The molecular weight excluding hydrogens is 1650 g/mol. The van der Waals surface area contributed by atoms with Crippen molar-refractivity contribution in [1.82, 2.24) is 79.3 Å². The summed E-state index contributed by atoms with van der Waals surface area (Å²) in [6.07, 6.45) is -3.92. The third-order valence-electron chi connectivity index (χ3n) is 20.1. The van der Waals surface area contributed by atoms with Crippen molar-refractivity contribution in [3.63, 3.8) is 0 Å². The SMILES string of the molecule is CC[C@H](C)[C@H](NC(=O)[C@H](CCCCN)NC(=O)[C@H](CC(=O)O)NC(=O)[C@H](CC(C)C)NC(=O)[C@H](CO)NC(=O)[C@H](CO)NC(=O)[C@H](CC(C)C)NC(=O)[C@H](C)NC(=O)[C@H](CC(N)=O)NC(=O)[C@H](CCC(=O)O)NC(=O)[C@@H](N)CCCCN)C(=O)N[C@@H](Cc1ccc(O)cc1)C(=O)N[C@H](C(=O)N[C@@H](CO)C(=O)N1CCC[C@H]1C(=O)N[C@@H](CC(C)C)C(=O)O)[C@@H](C)O. The van der Waals surface area contributed by atoms with Crippen LogP contribution in [0.15, 0.2) is 24.3 Å². The highest BCUT2D eigenvalue weighted by atomic mass is 16.4. The smallest absolute Gasteiger partial charge is 0.326 e. The summed E-state index contributed by atoms with van der Waals surface area (Å²) in [4.78, 5) is 259. The maximum absolute atomic E-state index is 14.7. The highest BCUT2D eigenvalue weighted by molar-refractivity contribution is 6.02. The van der Waals surface area contributed by atoms with Crippen molar-refractivity contribution in [2.24, 2.45) is 46.6 Å². The van der Waals surface area contributed by atoms with Crippen molar-refractivity contribution in [2.75, 3.05) is 39.5 Å². The molecule has 1 aliphatic rings. The summed E-state index contributed by atoms with van der Waals surface area (Å²) in [6.45, 7) is 12.3. The summed E-state index contributed by atoms with van der Waals surface area (Å²) in [5, 5.41) is 115. The highest BCUT2D eigenvalue weighted by Crippen LogP contribution is 2.22. The van der Waals surface area contributed by atoms with Crippen LogP contribution in [0.3, 0.4) is 0 Å². The second-order valence-corrected chi connectivity index (χ2v) is 32.2. The number of phenolic OH excluding ortho intramolecular Hbond substituents is 1. The number of aliphatic carboxylic acids is 3. The Balaban J connectivity index is 2.43. The number of hydrogen-bond donors (Lipinski definition) is 26. The van der Waals surface area contributed by atoms with Crippen LogP contribution in [0, 0.1) is 23.7 Å². The molecule has 0 saturated carbocycles. The summed E-state index contributed by atoms with van der Waals surface area (Å²) in [6, 6.07) is -21.2. The van der Waals surface area contributed by atoms with Gasteiger partial charge in [0.25, 0.3) is 0 Å². The average Bonchev–Trinajstić information content (AvgIpc) is 1.81. The zero-order chi connectivity index (χ0) is 94.8. The molecule has 704 valence electrons. The van der Waals surface area contributed by atoms with E-state index >= 15 is 0 Å². The Morgan fingerprint density at radius 3 is 1.31 bits per heavy atom. The number of unbranched alkanes of at least 4 members (excludes halogenated alkanes) is 2. The Hall–Kier alpha value is -11.3. The topological polar surface area (TPSA) is 762 Å². The van der Waals surface area contributed by atoms with Gasteiger partial charge in [0.2, 0.25) is 94.5 Å². The second kappa shape index (κ2) is 55.8. The lowest BCUT2D eigenvalue weighted by atomic mass is 9.96. The fourth-order valence-corrected chi connectivity index (χ4v) is 13.0. The molecule has 1 aromatic rings. The van der Waals surface area contributed by atoms with Crippen LogP contribution >= 0.6 is 0 Å². The number of hydrogen-bond acceptors (Lipinski definition) is 27. The number of nitrogens with zero attached hydrogens (tertiary/aromatic N) is 1. The number of aliphatic hydroxyl groups is 4. The standard InChI is InChI=1S/C79H131N19O27/c1-11-41(8)62(76(121)91-51(32-44-20-22-45(103)23-21-44)72(117)97-63(43(10)102)77(122)95-57(37-101)78(123)98-28-16-19-58(98)75(120)92-54(79(124)125)31-40(6)7)96-67(112)47(18-13-15-27-81)86-71(116)53(34-61(107)108)90-69(114)50(30-39(4)5)88-73(118)55(35-99)94-74(119)56(36-100)93-70(115)49(29-38(2)3)87-64(109)42(9)84-68(113)52(33-59(83)104)89-66(111)48(24-25-60(105)106)85-65(110)46(82)17-12-14-26-80/h20-23,38-43,46-58,62-63,99-103H,11-19,24-37,80-82H2,1-10H3,(H2,83,104)(H,84,113)(H,85,110)(H,86,116)(H,87,109)(H,88,118)(H,89,111)(H,90,114)(H,91,121)(H,92,120)(H,93,115)(H,94,119)(H,95,122)(H,96,112)(H,97,117)(H,105,106)(H,107,108)(H,124,125)/t41-,42-,43+,46-,47-,48-,49-,50-,51-,52-,53-,54-,55-,56-,57-,58-,62-,63-/m0/s1. The van der Waals surface area contributed by atoms with Gasteiger partial charge in [-0.1, -0.05) is 80.4 Å². The van der Waals surface area contributed by atoms with E-state index in [2.05, 4.69) is 74.4 Å². The Labute approximate surface area is 723 Å². The Bertz CT molecular complexity index is 3820. The van der Waals surface area contributed by atoms with Gasteiger partial charge in [-0.25, -0.2) is 4.79 Å². The second-order valence-electron chi connectivity index (χ2n) is 32.2. The summed E-state index contributed by atoms with van der Waals surface area (Å²) < 4.78 is 0. The first-order chi connectivity index (χ1) is 58.7. The number of carbonyl (C=O) groups excluding carboxylic acids is 16. The third-order valence-corrected chi connectivity index (χ3v) is 20.1. The van der Waals surface area contributed by atoms with Crippen molar-refractivity contribution in [3.05, 3.63) is 29.8 Å². The predicted octanol–water partition coefficient (Wildman–Crippen LogP) is -7.84. The fraction of sp³-hybridized carbons (Fsp3) is 0.684. The number of carboxylic acid groups (broad SMARTS) is 3. The van der Waals surface area contributed by atoms with Crippen molar-refractivity contribution >= 4 is 112 Å². The van der Waals surface area contributed by atoms with Gasteiger partial charge in [0.1, 0.15) is 96.4 Å². The summed E-state index contributed by atoms with van der Waals surface area (Å²) in [5.74, 6) is -24.1. The highest BCUT2D eigenvalue weighted by Gasteiger charge is 2.43. The first-order valence-corrected chi connectivity index (χ1v) is 41.6. The molecular formula is C79H131N19O27. The van der Waals surface area contributed by atoms with Gasteiger partial charge >= 0.3 is 17.9 Å². The molecule has 1 aliphatic heterocycles. The number of carbonyl (C=O) groups is 19. The Morgan fingerprint density at radius 2 is 0.832 bits per heavy atom. The van der Waals surface area contributed by atoms with Crippen LogP contribution in [-0.2, 0) is 97.5 Å². The van der Waals surface area contributed by atoms with Crippen LogP contribution in [0.4, 0.5) is 0 Å². The van der Waals surface area contributed by atoms with E-state index in [1.807, 2.05) is 0 Å². The van der Waals surface area contributed by atoms with Gasteiger partial charge in [0.15, 0.2) is 0 Å². The minimum Gasteiger partial charge on any atom is -0.508 e. The fourth-order valence-electron chi connectivity index (χ4n) is 13.0. The number of benzene rings is 1. The molecule has 1 heterocycles. The quantitative estimate of drug-likeness (QED) is 0.0269. The van der Waals surface area contributed by atoms with Gasteiger partial charge in [-0.2, -0.15) is 0 Å². The molecule has 0 spiro atoms. The minimum absolute atomic E-state index is 0.0337. The van der Waals surface area contributed by atoms with E-state index in [9.17, 15) is 132 Å². The van der Waals surface area contributed by atoms with Crippen LogP contribution in [-0.4, -0.2) is 300 Å². The van der Waals surface area contributed by atoms with E-state index < -0.39 is 285 Å². The number of aliphatic hydroxyl groups excluding tert-OH is 4. The van der Waals surface area contributed by atoms with E-state index in [0.717, 1.165) is 18.7 Å². The lowest BCUT2D eigenvalue weighted by molar-refractivity contribution is -0.146. The van der Waals surface area contributed by atoms with Crippen LogP contribution in [0.1, 0.15) is 178 Å². The third kappa shape index (κ3) is 39.2. The number of amides is 16. The summed E-state index contributed by atoms with van der Waals surface area (Å²) in [7, 11) is 0. The number of aromatic hydroxyl groups is 1. The van der Waals surface area contributed by atoms with Gasteiger partial charge in [-0.3, -0.25) is 86.3 Å². The van der Waals surface area contributed by atoms with Crippen molar-refractivity contribution in [1.29, 1.82) is 0 Å². The largest absolute Gasteiger partial charge is 0.508 e. The molecule has 0 aromatic heterocycles. The van der Waals surface area contributed by atoms with E-state index in [1.165, 1.54) is 31.2 Å². The number of nitrogens with two attached hydrogens (primary N) is 4. The van der Waals surface area contributed by atoms with Crippen LogP contribution in [0.2, 0.25) is 0 Å². The molecule has 46 nitrogen and oxygen atoms in total. The zero-order valence-corrected chi connectivity index (χ0v) is 72.3. The molecule has 0 bridgehead atoms. The van der Waals surface area contributed by atoms with Crippen molar-refractivity contribution in [3.8, 4) is 5.75 Å². The van der Waals surface area contributed by atoms with Gasteiger partial charge in [0.05, 0.1) is 44.8 Å². The van der Waals surface area contributed by atoms with Crippen LogP contribution in [0.5, 0.6) is 5.75 Å². The average molecular weight is 1780 g/mol. The molecule has 0 aliphatic carbocycles. The molecule has 1 aromatic carbocycles. The van der Waals surface area contributed by atoms with Crippen LogP contribution in [0.25, 0.3) is 0 Å². The molecule has 30 N–H and O–H groups in total.